The van der Waals surface area contributed by atoms with Crippen molar-refractivity contribution >= 4 is 19.8 Å². The number of allylic oxidation sites excluding steroid dienone is 10. The van der Waals surface area contributed by atoms with E-state index in [9.17, 15) is 24.2 Å². The first-order valence-corrected chi connectivity index (χ1v) is 23.4. The van der Waals surface area contributed by atoms with Crippen molar-refractivity contribution in [3.8, 4) is 0 Å². The second kappa shape index (κ2) is 35.4. The van der Waals surface area contributed by atoms with Crippen LogP contribution in [0.4, 0.5) is 0 Å². The van der Waals surface area contributed by atoms with Gasteiger partial charge in [-0.2, -0.15) is 0 Å². The highest BCUT2D eigenvalue weighted by molar-refractivity contribution is 7.47. The van der Waals surface area contributed by atoms with Crippen LogP contribution < -0.4 is 5.73 Å². The van der Waals surface area contributed by atoms with E-state index in [0.717, 1.165) is 88.6 Å². The van der Waals surface area contributed by atoms with Crippen LogP contribution in [0, 0.1) is 13.8 Å². The summed E-state index contributed by atoms with van der Waals surface area (Å²) in [6.07, 6.45) is 38.3. The van der Waals surface area contributed by atoms with E-state index < -0.39 is 38.6 Å². The van der Waals surface area contributed by atoms with Crippen molar-refractivity contribution in [2.75, 3.05) is 26.4 Å². The quantitative estimate of drug-likeness (QED) is 0.0193. The van der Waals surface area contributed by atoms with Crippen LogP contribution in [0.3, 0.4) is 0 Å². The minimum Gasteiger partial charge on any atom is -0.466 e. The lowest BCUT2D eigenvalue weighted by atomic mass is 10.0. The highest BCUT2D eigenvalue weighted by Gasteiger charge is 2.26. The summed E-state index contributed by atoms with van der Waals surface area (Å²) in [5.41, 5.74) is 7.92. The van der Waals surface area contributed by atoms with E-state index in [1.165, 1.54) is 24.0 Å². The van der Waals surface area contributed by atoms with Crippen molar-refractivity contribution in [1.29, 1.82) is 0 Å². The predicted molar refractivity (Wildman–Crippen MR) is 238 cm³/mol. The predicted octanol–water partition coefficient (Wildman–Crippen LogP) is 10.9. The molecule has 0 bridgehead atoms. The molecule has 0 radical (unpaired) electrons. The van der Waals surface area contributed by atoms with Gasteiger partial charge in [-0.25, -0.2) is 4.57 Å². The van der Waals surface area contributed by atoms with Gasteiger partial charge in [0.1, 0.15) is 18.1 Å². The van der Waals surface area contributed by atoms with Crippen LogP contribution in [0.5, 0.6) is 0 Å². The van der Waals surface area contributed by atoms with Crippen molar-refractivity contribution in [2.24, 2.45) is 5.73 Å². The number of phosphoric ester groups is 1. The molecule has 0 aliphatic heterocycles. The number of hydrogen-bond donors (Lipinski definition) is 3. The van der Waals surface area contributed by atoms with Crippen LogP contribution in [0.1, 0.15) is 146 Å². The third kappa shape index (κ3) is 29.5. The van der Waals surface area contributed by atoms with Gasteiger partial charge in [0.25, 0.3) is 0 Å². The maximum atomic E-state index is 12.7. The number of carbonyl (C=O) groups is 2. The number of phosphoric acid groups is 1. The van der Waals surface area contributed by atoms with Gasteiger partial charge >= 0.3 is 19.8 Å². The summed E-state index contributed by atoms with van der Waals surface area (Å²) in [7, 11) is -4.42. The molecule has 1 aromatic rings. The Morgan fingerprint density at radius 2 is 1.34 bits per heavy atom. The van der Waals surface area contributed by atoms with Crippen LogP contribution in [-0.2, 0) is 45.5 Å². The van der Waals surface area contributed by atoms with Gasteiger partial charge in [0.15, 0.2) is 6.10 Å². The molecule has 0 saturated carbocycles. The van der Waals surface area contributed by atoms with Crippen LogP contribution in [0.2, 0.25) is 0 Å². The van der Waals surface area contributed by atoms with E-state index in [1.54, 1.807) is 6.08 Å². The number of nitrogens with two attached hydrogens (primary N) is 1. The Kier molecular flexibility index (Phi) is 32.3. The van der Waals surface area contributed by atoms with Gasteiger partial charge in [-0.1, -0.05) is 125 Å². The number of esters is 2. The smallest absolute Gasteiger partial charge is 0.466 e. The zero-order chi connectivity index (χ0) is 43.4. The van der Waals surface area contributed by atoms with E-state index in [-0.39, 0.29) is 32.6 Å². The van der Waals surface area contributed by atoms with E-state index >= 15 is 0 Å². The molecule has 1 heterocycles. The van der Waals surface area contributed by atoms with E-state index in [0.29, 0.717) is 19.3 Å². The highest BCUT2D eigenvalue weighted by Crippen LogP contribution is 2.43. The second-order valence-corrected chi connectivity index (χ2v) is 16.1. The molecule has 4 N–H and O–H groups in total. The normalized spacial score (nSPS) is 14.5. The molecule has 0 amide bonds. The summed E-state index contributed by atoms with van der Waals surface area (Å²) < 4.78 is 39.0. The Hall–Kier alpha value is -3.31. The molecule has 2 unspecified atom stereocenters. The summed E-state index contributed by atoms with van der Waals surface area (Å²) in [5, 5.41) is 9.84. The minimum absolute atomic E-state index is 0.0258. The molecular formula is C47H76NO10P. The third-order valence-electron chi connectivity index (χ3n) is 9.40. The molecule has 12 heteroatoms. The molecule has 0 saturated heterocycles. The molecule has 334 valence electrons. The number of carbonyl (C=O) groups excluding carboxylic acids is 2. The topological polar surface area (TPSA) is 168 Å². The van der Waals surface area contributed by atoms with Gasteiger partial charge < -0.3 is 29.6 Å². The molecule has 3 atom stereocenters. The Bertz CT molecular complexity index is 1490. The number of aryl methyl sites for hydroxylation is 2. The van der Waals surface area contributed by atoms with Crippen molar-refractivity contribution < 1.29 is 47.1 Å². The summed E-state index contributed by atoms with van der Waals surface area (Å²) in [6.45, 7) is 7.63. The standard InChI is InChI=1S/C47H76NO10P/c1-5-7-24-30-42(49)31-26-20-16-14-12-10-9-11-13-15-17-22-28-34-46(50)54-38-43(39-56-59(52,53)55-37-36-48)57-47(51)35-29-23-19-18-21-27-33-45-41(4)40(3)44(58-45)32-25-8-6-2/h7,10-13,16-17,20,22,24,26,31,42-43,49H,5-6,8-9,14-15,18-19,21,23,25,27-30,32-39,48H2,1-4H3,(H,52,53)/b12-10-,13-11-,20-16+,22-17-,24-7-,31-26+/t42?,43-/m1/s1. The molecule has 59 heavy (non-hydrogen) atoms. The number of hydrogen-bond acceptors (Lipinski definition) is 10. The first-order chi connectivity index (χ1) is 28.5. The van der Waals surface area contributed by atoms with Gasteiger partial charge in [-0.3, -0.25) is 18.6 Å². The fourth-order valence-electron chi connectivity index (χ4n) is 5.86. The summed E-state index contributed by atoms with van der Waals surface area (Å²) in [5.74, 6) is 1.26. The van der Waals surface area contributed by atoms with Crippen LogP contribution in [-0.4, -0.2) is 60.5 Å². The number of ether oxygens (including phenoxy) is 2. The third-order valence-corrected chi connectivity index (χ3v) is 10.4. The van der Waals surface area contributed by atoms with Gasteiger partial charge in [-0.15, -0.1) is 0 Å². The average Bonchev–Trinajstić information content (AvgIpc) is 3.48. The number of aliphatic hydroxyl groups is 1. The first kappa shape index (κ1) is 53.7. The molecule has 1 aromatic heterocycles. The minimum atomic E-state index is -4.42. The van der Waals surface area contributed by atoms with Crippen LogP contribution in [0.15, 0.2) is 77.3 Å². The second-order valence-electron chi connectivity index (χ2n) is 14.6. The fraction of sp³-hybridized carbons (Fsp3) is 0.617. The molecule has 0 spiro atoms. The molecule has 0 aliphatic rings. The molecular weight excluding hydrogens is 769 g/mol. The summed E-state index contributed by atoms with van der Waals surface area (Å²) in [6, 6.07) is 0. The summed E-state index contributed by atoms with van der Waals surface area (Å²) in [4.78, 5) is 35.0. The van der Waals surface area contributed by atoms with Gasteiger partial charge in [0.05, 0.1) is 19.3 Å². The largest absolute Gasteiger partial charge is 0.472 e. The van der Waals surface area contributed by atoms with Crippen molar-refractivity contribution in [3.05, 3.63) is 95.6 Å². The molecule has 11 nitrogen and oxygen atoms in total. The zero-order valence-corrected chi connectivity index (χ0v) is 37.4. The monoisotopic (exact) mass is 846 g/mol. The number of aliphatic hydroxyl groups excluding tert-OH is 1. The van der Waals surface area contributed by atoms with Gasteiger partial charge in [0, 0.05) is 32.2 Å². The number of furan rings is 1. The lowest BCUT2D eigenvalue weighted by molar-refractivity contribution is -0.161. The number of rotatable bonds is 36. The molecule has 1 rings (SSSR count). The summed E-state index contributed by atoms with van der Waals surface area (Å²) >= 11 is 0. The van der Waals surface area contributed by atoms with Gasteiger partial charge in [0.2, 0.25) is 0 Å². The van der Waals surface area contributed by atoms with Crippen molar-refractivity contribution in [2.45, 2.75) is 162 Å². The SMILES string of the molecule is CC/C=C\CC(O)/C=C/C=C/C/C=C\C/C=C\C/C=C\CCC(=O)OC[C@H](COP(=O)(O)OCCN)OC(=O)CCCCCCCCc1oc(CCCCC)c(C)c1C. The fourth-order valence-corrected chi connectivity index (χ4v) is 6.63. The van der Waals surface area contributed by atoms with Gasteiger partial charge in [-0.05, 0) is 82.8 Å². The Labute approximate surface area is 355 Å². The van der Waals surface area contributed by atoms with Crippen molar-refractivity contribution in [1.82, 2.24) is 0 Å². The van der Waals surface area contributed by atoms with E-state index in [1.807, 2.05) is 42.5 Å². The van der Waals surface area contributed by atoms with Crippen LogP contribution in [0.25, 0.3) is 0 Å². The number of unbranched alkanes of at least 4 members (excludes halogenated alkanes) is 7. The molecule has 0 fully saturated rings. The molecule has 0 aromatic carbocycles. The zero-order valence-electron chi connectivity index (χ0n) is 36.5. The Morgan fingerprint density at radius 1 is 0.729 bits per heavy atom. The van der Waals surface area contributed by atoms with E-state index in [4.69, 9.17) is 28.7 Å². The Morgan fingerprint density at radius 3 is 1.98 bits per heavy atom. The van der Waals surface area contributed by atoms with Crippen molar-refractivity contribution in [3.63, 3.8) is 0 Å². The maximum absolute atomic E-state index is 12.7. The molecule has 0 aliphatic carbocycles. The lowest BCUT2D eigenvalue weighted by Gasteiger charge is -2.19. The Balaban J connectivity index is 2.35. The highest BCUT2D eigenvalue weighted by atomic mass is 31.2. The average molecular weight is 846 g/mol. The van der Waals surface area contributed by atoms with E-state index in [2.05, 4.69) is 52.0 Å². The first-order valence-electron chi connectivity index (χ1n) is 21.9. The lowest BCUT2D eigenvalue weighted by Crippen LogP contribution is -2.29. The maximum Gasteiger partial charge on any atom is 0.472 e. The van der Waals surface area contributed by atoms with Crippen LogP contribution >= 0.6 is 7.82 Å².